The lowest BCUT2D eigenvalue weighted by atomic mass is 9.65. The van der Waals surface area contributed by atoms with E-state index in [1.165, 1.54) is 60.9 Å². The maximum Gasteiger partial charge on any atom is 0.154 e. The number of aliphatic imine (C=N–C) groups is 2. The third-order valence-corrected chi connectivity index (χ3v) is 13.2. The molecule has 1 aliphatic heterocycles. The quantitative estimate of drug-likeness (QED) is 0.126. The molecule has 13 rings (SSSR count). The summed E-state index contributed by atoms with van der Waals surface area (Å²) in [5, 5.41) is 4.77. The SMILES string of the molecule is C(=NC(=NCc1ccccc1)c1ccccc1)c1cccc2c1-c1cc(-c3ccc4oc5ccccc5c4c3)ccc1C21c2ccccc2-n2c3ccccc3c3cccc1c32. The summed E-state index contributed by atoms with van der Waals surface area (Å²) < 4.78 is 8.76. The zero-order chi connectivity index (χ0) is 40.8. The molecule has 0 saturated heterocycles. The molecule has 290 valence electrons. The summed E-state index contributed by atoms with van der Waals surface area (Å²) >= 11 is 0. The van der Waals surface area contributed by atoms with Gasteiger partial charge in [0.25, 0.3) is 0 Å². The van der Waals surface area contributed by atoms with E-state index in [1.54, 1.807) is 0 Å². The molecule has 11 aromatic rings. The minimum absolute atomic E-state index is 0.537. The first-order valence-corrected chi connectivity index (χ1v) is 21.3. The van der Waals surface area contributed by atoms with E-state index in [0.717, 1.165) is 49.8 Å². The molecule has 2 aliphatic rings. The van der Waals surface area contributed by atoms with Crippen molar-refractivity contribution in [1.29, 1.82) is 0 Å². The Kier molecular flexibility index (Phi) is 7.55. The molecule has 0 N–H and O–H groups in total. The number of nitrogens with zero attached hydrogens (tertiary/aromatic N) is 3. The van der Waals surface area contributed by atoms with Crippen LogP contribution in [-0.2, 0) is 12.0 Å². The molecular formula is C58H37N3O. The van der Waals surface area contributed by atoms with Crippen LogP contribution in [0.15, 0.2) is 221 Å². The zero-order valence-corrected chi connectivity index (χ0v) is 33.7. The number of furan rings is 1. The first-order valence-electron chi connectivity index (χ1n) is 21.3. The molecule has 1 aliphatic carbocycles. The normalized spacial score (nSPS) is 15.3. The van der Waals surface area contributed by atoms with Crippen molar-refractivity contribution in [2.75, 3.05) is 0 Å². The highest BCUT2D eigenvalue weighted by Crippen LogP contribution is 2.62. The lowest BCUT2D eigenvalue weighted by Crippen LogP contribution is -2.33. The van der Waals surface area contributed by atoms with Crippen LogP contribution in [0.4, 0.5) is 0 Å². The van der Waals surface area contributed by atoms with Gasteiger partial charge in [0.2, 0.25) is 0 Å². The van der Waals surface area contributed by atoms with Gasteiger partial charge in [-0.25, -0.2) is 4.99 Å². The summed E-state index contributed by atoms with van der Waals surface area (Å²) in [7, 11) is 0. The minimum Gasteiger partial charge on any atom is -0.456 e. The number of benzene rings is 9. The molecular weight excluding hydrogens is 755 g/mol. The van der Waals surface area contributed by atoms with Gasteiger partial charge in [0.05, 0.1) is 28.7 Å². The predicted molar refractivity (Wildman–Crippen MR) is 255 cm³/mol. The van der Waals surface area contributed by atoms with Crippen LogP contribution in [0, 0.1) is 0 Å². The zero-order valence-electron chi connectivity index (χ0n) is 33.7. The molecule has 0 saturated carbocycles. The number of rotatable bonds is 5. The van der Waals surface area contributed by atoms with Crippen molar-refractivity contribution in [3.8, 4) is 27.9 Å². The number of amidine groups is 1. The second-order valence-corrected chi connectivity index (χ2v) is 16.4. The molecule has 3 heterocycles. The van der Waals surface area contributed by atoms with Gasteiger partial charge in [-0.1, -0.05) is 170 Å². The van der Waals surface area contributed by atoms with Gasteiger partial charge in [0, 0.05) is 38.9 Å². The van der Waals surface area contributed by atoms with Crippen LogP contribution in [-0.4, -0.2) is 16.6 Å². The van der Waals surface area contributed by atoms with Gasteiger partial charge in [0.1, 0.15) is 11.2 Å². The third kappa shape index (κ3) is 4.95. The lowest BCUT2D eigenvalue weighted by molar-refractivity contribution is 0.669. The molecule has 1 spiro atoms. The Hall–Kier alpha value is -8.08. The van der Waals surface area contributed by atoms with Crippen LogP contribution < -0.4 is 0 Å². The summed E-state index contributed by atoms with van der Waals surface area (Å²) in [6.07, 6.45) is 2.04. The van der Waals surface area contributed by atoms with Crippen LogP contribution in [0.5, 0.6) is 0 Å². The first-order chi connectivity index (χ1) is 30.8. The number of hydrogen-bond donors (Lipinski definition) is 0. The Morgan fingerprint density at radius 2 is 1.19 bits per heavy atom. The minimum atomic E-state index is -0.595. The van der Waals surface area contributed by atoms with E-state index in [2.05, 4.69) is 187 Å². The molecule has 1 unspecified atom stereocenters. The third-order valence-electron chi connectivity index (χ3n) is 13.2. The van der Waals surface area contributed by atoms with Crippen molar-refractivity contribution in [2.45, 2.75) is 12.0 Å². The van der Waals surface area contributed by atoms with Crippen molar-refractivity contribution in [3.63, 3.8) is 0 Å². The fraction of sp³-hybridized carbons (Fsp3) is 0.0345. The van der Waals surface area contributed by atoms with E-state index >= 15 is 0 Å². The molecule has 0 radical (unpaired) electrons. The maximum absolute atomic E-state index is 6.26. The van der Waals surface area contributed by atoms with Crippen LogP contribution in [0.25, 0.3) is 71.7 Å². The van der Waals surface area contributed by atoms with Gasteiger partial charge < -0.3 is 8.98 Å². The molecule has 0 amide bonds. The topological polar surface area (TPSA) is 42.8 Å². The summed E-state index contributed by atoms with van der Waals surface area (Å²) in [5.41, 5.74) is 17.8. The summed E-state index contributed by atoms with van der Waals surface area (Å²) in [5.74, 6) is 0.701. The van der Waals surface area contributed by atoms with Crippen LogP contribution >= 0.6 is 0 Å². The highest BCUT2D eigenvalue weighted by molar-refractivity contribution is 6.14. The standard InChI is InChI=1S/C58H37N3O/c1-3-15-37(16-4-1)35-59-57(38-17-5-2-6-18-38)60-36-41-19-13-24-49-55(41)46-34-39(40-30-32-54-45(33-40)43-21-8-12-28-53(43)62-54)29-31-47(46)58(49)48-23-9-11-27-52(48)61-51-26-10-7-20-42(51)44-22-14-25-50(58)56(44)61/h1-34,36H,35H2. The average Bonchev–Trinajstić information content (AvgIpc) is 3.98. The van der Waals surface area contributed by atoms with E-state index in [9.17, 15) is 0 Å². The molecule has 1 atom stereocenters. The van der Waals surface area contributed by atoms with Crippen molar-refractivity contribution >= 4 is 55.8 Å². The number of aromatic nitrogens is 1. The Bertz CT molecular complexity index is 3670. The lowest BCUT2D eigenvalue weighted by Gasteiger charge is -2.39. The summed E-state index contributed by atoms with van der Waals surface area (Å²) in [6, 6.07) is 74.3. The maximum atomic E-state index is 6.26. The van der Waals surface area contributed by atoms with E-state index in [-0.39, 0.29) is 0 Å². The molecule has 62 heavy (non-hydrogen) atoms. The van der Waals surface area contributed by atoms with Gasteiger partial charge in [-0.3, -0.25) is 4.99 Å². The summed E-state index contributed by atoms with van der Waals surface area (Å²) in [6.45, 7) is 0.537. The number of para-hydroxylation sites is 4. The van der Waals surface area contributed by atoms with Crippen LogP contribution in [0.3, 0.4) is 0 Å². The number of fused-ring (bicyclic) bond motifs is 15. The molecule has 4 nitrogen and oxygen atoms in total. The number of hydrogen-bond acceptors (Lipinski definition) is 2. The Morgan fingerprint density at radius 3 is 2.10 bits per heavy atom. The fourth-order valence-electron chi connectivity index (χ4n) is 10.6. The van der Waals surface area contributed by atoms with Gasteiger partial charge in [-0.2, -0.15) is 0 Å². The van der Waals surface area contributed by atoms with Crippen LogP contribution in [0.2, 0.25) is 0 Å². The van der Waals surface area contributed by atoms with Crippen LogP contribution in [0.1, 0.15) is 38.9 Å². The first kappa shape index (κ1) is 34.8. The fourth-order valence-corrected chi connectivity index (χ4v) is 10.6. The van der Waals surface area contributed by atoms with Gasteiger partial charge in [0.15, 0.2) is 5.84 Å². The average molecular weight is 792 g/mol. The second kappa shape index (κ2) is 13.5. The molecule has 0 bridgehead atoms. The smallest absolute Gasteiger partial charge is 0.154 e. The van der Waals surface area contributed by atoms with E-state index in [1.807, 2.05) is 30.5 Å². The van der Waals surface area contributed by atoms with Crippen molar-refractivity contribution in [1.82, 2.24) is 4.57 Å². The summed E-state index contributed by atoms with van der Waals surface area (Å²) in [4.78, 5) is 10.4. The van der Waals surface area contributed by atoms with E-state index in [0.29, 0.717) is 12.4 Å². The Morgan fingerprint density at radius 1 is 0.516 bits per heavy atom. The molecule has 0 fully saturated rings. The largest absolute Gasteiger partial charge is 0.456 e. The molecule has 4 heteroatoms. The monoisotopic (exact) mass is 791 g/mol. The Labute approximate surface area is 358 Å². The van der Waals surface area contributed by atoms with E-state index < -0.39 is 5.41 Å². The molecule has 9 aromatic carbocycles. The second-order valence-electron chi connectivity index (χ2n) is 16.4. The predicted octanol–water partition coefficient (Wildman–Crippen LogP) is 14.1. The van der Waals surface area contributed by atoms with Gasteiger partial charge in [-0.05, 0) is 86.5 Å². The van der Waals surface area contributed by atoms with Crippen molar-refractivity contribution in [2.24, 2.45) is 9.98 Å². The van der Waals surface area contributed by atoms with Crippen molar-refractivity contribution < 1.29 is 4.42 Å². The molecule has 2 aromatic heterocycles. The highest BCUT2D eigenvalue weighted by atomic mass is 16.3. The Balaban J connectivity index is 1.08. The van der Waals surface area contributed by atoms with Gasteiger partial charge >= 0.3 is 0 Å². The highest BCUT2D eigenvalue weighted by Gasteiger charge is 2.51. The van der Waals surface area contributed by atoms with E-state index in [4.69, 9.17) is 14.4 Å². The van der Waals surface area contributed by atoms with Crippen molar-refractivity contribution in [3.05, 3.63) is 245 Å². The van der Waals surface area contributed by atoms with Gasteiger partial charge in [-0.15, -0.1) is 0 Å².